The molecule has 1 saturated carbocycles. The molecular weight excluding hydrogens is 236 g/mol. The lowest BCUT2D eigenvalue weighted by molar-refractivity contribution is -0.107. The van der Waals surface area contributed by atoms with Crippen LogP contribution in [0.3, 0.4) is 0 Å². The predicted octanol–water partition coefficient (Wildman–Crippen LogP) is 2.66. The molecule has 0 unspecified atom stereocenters. The average molecular weight is 268 g/mol. The number of ether oxygens (including phenoxy) is 1. The Bertz CT molecular complexity index is 245. The molecule has 1 aliphatic carbocycles. The molecule has 1 N–H and O–H groups in total. The van der Waals surface area contributed by atoms with Crippen LogP contribution in [0.25, 0.3) is 0 Å². The Morgan fingerprint density at radius 2 is 1.89 bits per heavy atom. The molecule has 19 heavy (non-hydrogen) atoms. The summed E-state index contributed by atoms with van der Waals surface area (Å²) < 4.78 is 6.25. The standard InChI is InChI=1S/C16H32N2O/c1-15(2)14-17-9-8-16(6-5-7-16)19-13-12-18-10-3-4-11-18/h15,17H,3-14H2,1-2H3. The van der Waals surface area contributed by atoms with Crippen molar-refractivity contribution < 1.29 is 4.74 Å². The van der Waals surface area contributed by atoms with Gasteiger partial charge in [0.25, 0.3) is 0 Å². The lowest BCUT2D eigenvalue weighted by atomic mass is 9.77. The monoisotopic (exact) mass is 268 g/mol. The van der Waals surface area contributed by atoms with E-state index in [1.807, 2.05) is 0 Å². The molecule has 2 fully saturated rings. The van der Waals surface area contributed by atoms with Crippen molar-refractivity contribution in [2.24, 2.45) is 5.92 Å². The van der Waals surface area contributed by atoms with E-state index >= 15 is 0 Å². The van der Waals surface area contributed by atoms with Gasteiger partial charge in [-0.05, 0) is 70.6 Å². The molecule has 3 nitrogen and oxygen atoms in total. The van der Waals surface area contributed by atoms with E-state index < -0.39 is 0 Å². The van der Waals surface area contributed by atoms with Crippen molar-refractivity contribution in [1.29, 1.82) is 0 Å². The zero-order chi connectivity index (χ0) is 13.6. The maximum absolute atomic E-state index is 6.25. The highest BCUT2D eigenvalue weighted by Gasteiger charge is 2.37. The molecule has 0 aromatic rings. The van der Waals surface area contributed by atoms with Crippen LogP contribution in [0.4, 0.5) is 0 Å². The number of hydrogen-bond acceptors (Lipinski definition) is 3. The third kappa shape index (κ3) is 5.05. The lowest BCUT2D eigenvalue weighted by Gasteiger charge is -2.42. The Kier molecular flexibility index (Phi) is 6.11. The average Bonchev–Trinajstić information content (AvgIpc) is 2.83. The van der Waals surface area contributed by atoms with Crippen molar-refractivity contribution in [2.75, 3.05) is 39.3 Å². The second-order valence-corrected chi connectivity index (χ2v) is 6.78. The molecule has 1 heterocycles. The van der Waals surface area contributed by atoms with Crippen molar-refractivity contribution in [1.82, 2.24) is 10.2 Å². The highest BCUT2D eigenvalue weighted by Crippen LogP contribution is 2.38. The highest BCUT2D eigenvalue weighted by molar-refractivity contribution is 4.90. The molecule has 0 aromatic heterocycles. The molecule has 1 saturated heterocycles. The molecule has 2 aliphatic rings. The summed E-state index contributed by atoms with van der Waals surface area (Å²) in [7, 11) is 0. The van der Waals surface area contributed by atoms with Crippen molar-refractivity contribution in [3.63, 3.8) is 0 Å². The van der Waals surface area contributed by atoms with Crippen LogP contribution in [-0.2, 0) is 4.74 Å². The van der Waals surface area contributed by atoms with Gasteiger partial charge in [0.1, 0.15) is 0 Å². The van der Waals surface area contributed by atoms with Crippen LogP contribution in [0.2, 0.25) is 0 Å². The normalized spacial score (nSPS) is 22.9. The lowest BCUT2D eigenvalue weighted by Crippen LogP contribution is -2.44. The maximum atomic E-state index is 6.25. The number of nitrogens with zero attached hydrogens (tertiary/aromatic N) is 1. The minimum Gasteiger partial charge on any atom is -0.374 e. The summed E-state index contributed by atoms with van der Waals surface area (Å²) in [5, 5.41) is 3.55. The fourth-order valence-corrected chi connectivity index (χ4v) is 3.14. The Morgan fingerprint density at radius 3 is 2.47 bits per heavy atom. The quantitative estimate of drug-likeness (QED) is 0.651. The van der Waals surface area contributed by atoms with E-state index in [2.05, 4.69) is 24.1 Å². The minimum atomic E-state index is 0.226. The minimum absolute atomic E-state index is 0.226. The van der Waals surface area contributed by atoms with Crippen LogP contribution < -0.4 is 5.32 Å². The SMILES string of the molecule is CC(C)CNCCC1(OCCN2CCCC2)CCC1. The Labute approximate surface area is 119 Å². The second-order valence-electron chi connectivity index (χ2n) is 6.78. The first-order chi connectivity index (χ1) is 9.20. The molecule has 2 rings (SSSR count). The van der Waals surface area contributed by atoms with Gasteiger partial charge in [0.2, 0.25) is 0 Å². The number of rotatable bonds is 9. The van der Waals surface area contributed by atoms with E-state index in [-0.39, 0.29) is 5.60 Å². The van der Waals surface area contributed by atoms with Gasteiger partial charge < -0.3 is 15.0 Å². The van der Waals surface area contributed by atoms with Gasteiger partial charge in [-0.1, -0.05) is 13.8 Å². The molecule has 0 atom stereocenters. The Morgan fingerprint density at radius 1 is 1.16 bits per heavy atom. The molecule has 0 bridgehead atoms. The molecule has 0 aromatic carbocycles. The first-order valence-electron chi connectivity index (χ1n) is 8.27. The highest BCUT2D eigenvalue weighted by atomic mass is 16.5. The zero-order valence-electron chi connectivity index (χ0n) is 12.9. The van der Waals surface area contributed by atoms with Crippen molar-refractivity contribution in [2.45, 2.75) is 58.0 Å². The molecule has 112 valence electrons. The molecule has 3 heteroatoms. The van der Waals surface area contributed by atoms with E-state index in [1.165, 1.54) is 51.6 Å². The molecule has 0 amide bonds. The van der Waals surface area contributed by atoms with Crippen LogP contribution in [0, 0.1) is 5.92 Å². The van der Waals surface area contributed by atoms with E-state index in [0.717, 1.165) is 32.2 Å². The van der Waals surface area contributed by atoms with Crippen LogP contribution in [0.5, 0.6) is 0 Å². The first kappa shape index (κ1) is 15.3. The van der Waals surface area contributed by atoms with Gasteiger partial charge >= 0.3 is 0 Å². The summed E-state index contributed by atoms with van der Waals surface area (Å²) in [4.78, 5) is 2.55. The molecular formula is C16H32N2O. The van der Waals surface area contributed by atoms with Gasteiger partial charge in [0.15, 0.2) is 0 Å². The van der Waals surface area contributed by atoms with Gasteiger partial charge in [-0.3, -0.25) is 0 Å². The first-order valence-corrected chi connectivity index (χ1v) is 8.27. The number of hydrogen-bond donors (Lipinski definition) is 1. The molecule has 0 spiro atoms. The fourth-order valence-electron chi connectivity index (χ4n) is 3.14. The molecule has 1 aliphatic heterocycles. The van der Waals surface area contributed by atoms with Gasteiger partial charge in [-0.2, -0.15) is 0 Å². The van der Waals surface area contributed by atoms with Gasteiger partial charge in [-0.15, -0.1) is 0 Å². The topological polar surface area (TPSA) is 24.5 Å². The summed E-state index contributed by atoms with van der Waals surface area (Å²) in [6.45, 7) is 11.4. The van der Waals surface area contributed by atoms with Gasteiger partial charge in [0.05, 0.1) is 12.2 Å². The van der Waals surface area contributed by atoms with Crippen molar-refractivity contribution in [3.8, 4) is 0 Å². The Balaban J connectivity index is 1.58. The summed E-state index contributed by atoms with van der Waals surface area (Å²) in [6.07, 6.45) is 7.86. The Hall–Kier alpha value is -0.120. The van der Waals surface area contributed by atoms with E-state index in [1.54, 1.807) is 0 Å². The van der Waals surface area contributed by atoms with Crippen molar-refractivity contribution in [3.05, 3.63) is 0 Å². The van der Waals surface area contributed by atoms with E-state index in [9.17, 15) is 0 Å². The largest absolute Gasteiger partial charge is 0.374 e. The van der Waals surface area contributed by atoms with Crippen LogP contribution in [0.15, 0.2) is 0 Å². The smallest absolute Gasteiger partial charge is 0.0695 e. The summed E-state index contributed by atoms with van der Waals surface area (Å²) >= 11 is 0. The zero-order valence-corrected chi connectivity index (χ0v) is 12.9. The summed E-state index contributed by atoms with van der Waals surface area (Å²) in [6, 6.07) is 0. The van der Waals surface area contributed by atoms with Crippen LogP contribution in [0.1, 0.15) is 52.4 Å². The predicted molar refractivity (Wildman–Crippen MR) is 80.5 cm³/mol. The van der Waals surface area contributed by atoms with E-state index in [4.69, 9.17) is 4.74 Å². The third-order valence-corrected chi connectivity index (χ3v) is 4.59. The summed E-state index contributed by atoms with van der Waals surface area (Å²) in [5.74, 6) is 0.744. The van der Waals surface area contributed by atoms with Crippen LogP contribution >= 0.6 is 0 Å². The fraction of sp³-hybridized carbons (Fsp3) is 1.00. The van der Waals surface area contributed by atoms with E-state index in [0.29, 0.717) is 0 Å². The third-order valence-electron chi connectivity index (χ3n) is 4.59. The number of nitrogens with one attached hydrogen (secondary N) is 1. The maximum Gasteiger partial charge on any atom is 0.0695 e. The molecule has 0 radical (unpaired) electrons. The van der Waals surface area contributed by atoms with Gasteiger partial charge in [0, 0.05) is 6.54 Å². The number of likely N-dealkylation sites (tertiary alicyclic amines) is 1. The van der Waals surface area contributed by atoms with Gasteiger partial charge in [-0.25, -0.2) is 0 Å². The van der Waals surface area contributed by atoms with Crippen molar-refractivity contribution >= 4 is 0 Å². The summed E-state index contributed by atoms with van der Waals surface area (Å²) in [5.41, 5.74) is 0.226. The second kappa shape index (κ2) is 7.61. The van der Waals surface area contributed by atoms with Crippen LogP contribution in [-0.4, -0.2) is 49.8 Å².